The van der Waals surface area contributed by atoms with E-state index < -0.39 is 0 Å². The van der Waals surface area contributed by atoms with E-state index in [1.54, 1.807) is 0 Å². The van der Waals surface area contributed by atoms with Crippen LogP contribution < -0.4 is 10.2 Å². The zero-order valence-corrected chi connectivity index (χ0v) is 13.3. The molecule has 1 saturated heterocycles. The van der Waals surface area contributed by atoms with Crippen molar-refractivity contribution in [3.8, 4) is 0 Å². The van der Waals surface area contributed by atoms with E-state index in [9.17, 15) is 0 Å². The third kappa shape index (κ3) is 3.78. The van der Waals surface area contributed by atoms with Crippen LogP contribution in [-0.4, -0.2) is 50.7 Å². The van der Waals surface area contributed by atoms with Crippen LogP contribution in [0, 0.1) is 5.92 Å². The van der Waals surface area contributed by atoms with Crippen molar-refractivity contribution in [3.05, 3.63) is 30.3 Å². The van der Waals surface area contributed by atoms with Gasteiger partial charge in [-0.05, 0) is 50.9 Å². The van der Waals surface area contributed by atoms with Gasteiger partial charge in [0.25, 0.3) is 0 Å². The van der Waals surface area contributed by atoms with Gasteiger partial charge in [0.2, 0.25) is 0 Å². The number of hydrogen-bond acceptors (Lipinski definition) is 3. The molecular weight excluding hydrogens is 258 g/mol. The lowest BCUT2D eigenvalue weighted by Gasteiger charge is -2.36. The third-order valence-electron chi connectivity index (χ3n) is 5.34. The van der Waals surface area contributed by atoms with Gasteiger partial charge in [0, 0.05) is 37.9 Å². The molecule has 21 heavy (non-hydrogen) atoms. The van der Waals surface area contributed by atoms with Crippen molar-refractivity contribution in [2.24, 2.45) is 5.92 Å². The van der Waals surface area contributed by atoms with Gasteiger partial charge in [-0.3, -0.25) is 4.90 Å². The lowest BCUT2D eigenvalue weighted by Crippen LogP contribution is -2.47. The molecule has 3 rings (SSSR count). The minimum atomic E-state index is 0.774. The second-order valence-electron chi connectivity index (χ2n) is 6.54. The molecule has 3 nitrogen and oxygen atoms in total. The van der Waals surface area contributed by atoms with Gasteiger partial charge in [0.05, 0.1) is 0 Å². The van der Waals surface area contributed by atoms with Gasteiger partial charge in [-0.15, -0.1) is 0 Å². The molecule has 1 heterocycles. The zero-order valence-electron chi connectivity index (χ0n) is 13.3. The van der Waals surface area contributed by atoms with E-state index in [-0.39, 0.29) is 0 Å². The highest BCUT2D eigenvalue weighted by molar-refractivity contribution is 5.46. The minimum absolute atomic E-state index is 0.774. The van der Waals surface area contributed by atoms with Crippen molar-refractivity contribution in [1.29, 1.82) is 0 Å². The van der Waals surface area contributed by atoms with E-state index in [0.717, 1.165) is 12.0 Å². The Kier molecular flexibility index (Phi) is 5.15. The highest BCUT2D eigenvalue weighted by Gasteiger charge is 2.26. The summed E-state index contributed by atoms with van der Waals surface area (Å²) in [6.45, 7) is 6.05. The second kappa shape index (κ2) is 7.28. The quantitative estimate of drug-likeness (QED) is 0.898. The Morgan fingerprint density at radius 3 is 2.52 bits per heavy atom. The van der Waals surface area contributed by atoms with Crippen molar-refractivity contribution >= 4 is 5.69 Å². The van der Waals surface area contributed by atoms with Crippen LogP contribution >= 0.6 is 0 Å². The summed E-state index contributed by atoms with van der Waals surface area (Å²) < 4.78 is 0. The van der Waals surface area contributed by atoms with Gasteiger partial charge in [-0.2, -0.15) is 0 Å². The maximum Gasteiger partial charge on any atom is 0.0367 e. The largest absolute Gasteiger partial charge is 0.369 e. The summed E-state index contributed by atoms with van der Waals surface area (Å²) in [5.41, 5.74) is 1.38. The van der Waals surface area contributed by atoms with Crippen LogP contribution in [0.2, 0.25) is 0 Å². The summed E-state index contributed by atoms with van der Waals surface area (Å²) in [5.74, 6) is 0.905. The van der Waals surface area contributed by atoms with Crippen LogP contribution in [0.25, 0.3) is 0 Å². The third-order valence-corrected chi connectivity index (χ3v) is 5.34. The molecule has 2 unspecified atom stereocenters. The van der Waals surface area contributed by atoms with Crippen molar-refractivity contribution in [1.82, 2.24) is 10.2 Å². The first-order valence-corrected chi connectivity index (χ1v) is 8.56. The highest BCUT2D eigenvalue weighted by atomic mass is 15.3. The van der Waals surface area contributed by atoms with Crippen LogP contribution in [0.1, 0.15) is 25.7 Å². The summed E-state index contributed by atoms with van der Waals surface area (Å²) in [4.78, 5) is 5.17. The molecule has 0 amide bonds. The Bertz CT molecular complexity index is 412. The van der Waals surface area contributed by atoms with Crippen molar-refractivity contribution in [3.63, 3.8) is 0 Å². The topological polar surface area (TPSA) is 18.5 Å². The molecule has 1 aliphatic carbocycles. The molecule has 0 aromatic heterocycles. The van der Waals surface area contributed by atoms with Gasteiger partial charge in [-0.25, -0.2) is 0 Å². The average Bonchev–Trinajstić information content (AvgIpc) is 3.02. The predicted molar refractivity (Wildman–Crippen MR) is 89.9 cm³/mol. The summed E-state index contributed by atoms with van der Waals surface area (Å²) >= 11 is 0. The monoisotopic (exact) mass is 287 g/mol. The second-order valence-corrected chi connectivity index (χ2v) is 6.54. The molecule has 2 fully saturated rings. The Hall–Kier alpha value is -1.06. The van der Waals surface area contributed by atoms with E-state index in [1.807, 2.05) is 0 Å². The molecule has 0 radical (unpaired) electrons. The normalized spacial score (nSPS) is 27.2. The molecule has 116 valence electrons. The summed E-state index contributed by atoms with van der Waals surface area (Å²) in [6.07, 6.45) is 5.59. The lowest BCUT2D eigenvalue weighted by molar-refractivity contribution is 0.230. The summed E-state index contributed by atoms with van der Waals surface area (Å²) in [6, 6.07) is 11.6. The number of piperazine rings is 1. The first-order chi connectivity index (χ1) is 10.4. The highest BCUT2D eigenvalue weighted by Crippen LogP contribution is 2.28. The number of nitrogens with zero attached hydrogens (tertiary/aromatic N) is 2. The average molecular weight is 287 g/mol. The van der Waals surface area contributed by atoms with Gasteiger partial charge in [0.1, 0.15) is 0 Å². The molecule has 2 aliphatic rings. The number of benzene rings is 1. The van der Waals surface area contributed by atoms with Crippen LogP contribution in [0.3, 0.4) is 0 Å². The maximum absolute atomic E-state index is 3.50. The number of anilines is 1. The number of para-hydroxylation sites is 1. The molecule has 1 saturated carbocycles. The van der Waals surface area contributed by atoms with E-state index in [0.29, 0.717) is 0 Å². The number of nitrogens with one attached hydrogen (secondary N) is 1. The van der Waals surface area contributed by atoms with Gasteiger partial charge in [0.15, 0.2) is 0 Å². The van der Waals surface area contributed by atoms with Gasteiger partial charge in [-0.1, -0.05) is 24.6 Å². The summed E-state index contributed by atoms with van der Waals surface area (Å²) in [7, 11) is 2.13. The predicted octanol–water partition coefficient (Wildman–Crippen LogP) is 2.59. The zero-order chi connectivity index (χ0) is 14.5. The Balaban J connectivity index is 1.42. The number of rotatable bonds is 5. The van der Waals surface area contributed by atoms with Crippen molar-refractivity contribution in [2.75, 3.05) is 44.7 Å². The SMILES string of the molecule is CNC1CCCC1CCN1CCN(c2ccccc2)CC1. The molecule has 2 atom stereocenters. The Labute approximate surface area is 129 Å². The van der Waals surface area contributed by atoms with E-state index in [4.69, 9.17) is 0 Å². The fraction of sp³-hybridized carbons (Fsp3) is 0.667. The molecule has 0 bridgehead atoms. The molecule has 1 aliphatic heterocycles. The first-order valence-electron chi connectivity index (χ1n) is 8.56. The van der Waals surface area contributed by atoms with Crippen LogP contribution in [-0.2, 0) is 0 Å². The van der Waals surface area contributed by atoms with E-state index in [1.165, 1.54) is 64.1 Å². The van der Waals surface area contributed by atoms with Crippen molar-refractivity contribution in [2.45, 2.75) is 31.7 Å². The van der Waals surface area contributed by atoms with Crippen molar-refractivity contribution < 1.29 is 0 Å². The standard InChI is InChI=1S/C18H29N3/c1-19-18-9-5-6-16(18)10-11-20-12-14-21(15-13-20)17-7-3-2-4-8-17/h2-4,7-8,16,18-19H,5-6,9-15H2,1H3. The van der Waals surface area contributed by atoms with Crippen LogP contribution in [0.15, 0.2) is 30.3 Å². The Morgan fingerprint density at radius 1 is 1.05 bits per heavy atom. The van der Waals surface area contributed by atoms with E-state index >= 15 is 0 Å². The maximum atomic E-state index is 3.50. The molecule has 3 heteroatoms. The van der Waals surface area contributed by atoms with E-state index in [2.05, 4.69) is 52.5 Å². The molecule has 1 aromatic rings. The molecule has 1 aromatic carbocycles. The lowest BCUT2D eigenvalue weighted by atomic mass is 9.99. The fourth-order valence-corrected chi connectivity index (χ4v) is 3.98. The first kappa shape index (κ1) is 14.9. The van der Waals surface area contributed by atoms with Crippen LogP contribution in [0.4, 0.5) is 5.69 Å². The van der Waals surface area contributed by atoms with Crippen LogP contribution in [0.5, 0.6) is 0 Å². The van der Waals surface area contributed by atoms with Gasteiger partial charge < -0.3 is 10.2 Å². The Morgan fingerprint density at radius 2 is 1.81 bits per heavy atom. The minimum Gasteiger partial charge on any atom is -0.369 e. The molecular formula is C18H29N3. The summed E-state index contributed by atoms with van der Waals surface area (Å²) in [5, 5.41) is 3.50. The molecule has 0 spiro atoms. The fourth-order valence-electron chi connectivity index (χ4n) is 3.98. The number of hydrogen-bond donors (Lipinski definition) is 1. The van der Waals surface area contributed by atoms with Gasteiger partial charge >= 0.3 is 0 Å². The molecule has 1 N–H and O–H groups in total. The smallest absolute Gasteiger partial charge is 0.0367 e.